The molecule has 0 atom stereocenters. The average molecular weight is 585 g/mol. The molecule has 0 aliphatic heterocycles. The Morgan fingerprint density at radius 3 is 1.29 bits per heavy atom. The van der Waals surface area contributed by atoms with Crippen molar-refractivity contribution in [1.82, 2.24) is 10.6 Å². The number of rotatable bonds is 31. The monoisotopic (exact) mass is 584 g/mol. The van der Waals surface area contributed by atoms with Crippen molar-refractivity contribution in [3.63, 3.8) is 0 Å². The summed E-state index contributed by atoms with van der Waals surface area (Å²) in [6.07, 6.45) is 9.07. The summed E-state index contributed by atoms with van der Waals surface area (Å²) in [5, 5.41) is 5.78. The van der Waals surface area contributed by atoms with E-state index in [2.05, 4.69) is 10.6 Å². The molecule has 10 nitrogen and oxygen atoms in total. The Kier molecular flexibility index (Phi) is 32.1. The Labute approximate surface area is 238 Å². The highest BCUT2D eigenvalue weighted by Gasteiger charge is 2.02. The maximum absolute atomic E-state index is 11.7. The number of nitrogens with one attached hydrogen (secondary N) is 2. The first kappa shape index (κ1) is 37.4. The summed E-state index contributed by atoms with van der Waals surface area (Å²) >= 11 is 0. The Hall–Kier alpha value is -0.600. The second-order valence-electron chi connectivity index (χ2n) is 8.49. The van der Waals surface area contributed by atoms with E-state index in [4.69, 9.17) is 28.4 Å². The third-order valence-electron chi connectivity index (χ3n) is 5.11. The van der Waals surface area contributed by atoms with E-state index in [0.717, 1.165) is 25.7 Å². The van der Waals surface area contributed by atoms with E-state index in [-0.39, 0.29) is 25.0 Å². The molecule has 0 fully saturated rings. The summed E-state index contributed by atoms with van der Waals surface area (Å²) in [6, 6.07) is 0. The molecule has 0 radical (unpaired) electrons. The molecule has 12 heteroatoms. The second-order valence-corrected chi connectivity index (χ2v) is 11.2. The molecule has 38 heavy (non-hydrogen) atoms. The van der Waals surface area contributed by atoms with Crippen molar-refractivity contribution >= 4 is 33.4 Å². The number of hydrogen-bond donors (Lipinski definition) is 2. The molecule has 0 aromatic carbocycles. The Balaban J connectivity index is 3.19. The van der Waals surface area contributed by atoms with Gasteiger partial charge in [0.15, 0.2) is 0 Å². The number of carbonyl (C=O) groups is 2. The van der Waals surface area contributed by atoms with E-state index in [1.165, 1.54) is 37.2 Å². The van der Waals surface area contributed by atoms with Crippen LogP contribution in [0.1, 0.15) is 51.4 Å². The maximum atomic E-state index is 11.7. The quantitative estimate of drug-likeness (QED) is 0.0931. The van der Waals surface area contributed by atoms with Crippen LogP contribution in [0.5, 0.6) is 0 Å². The zero-order valence-corrected chi connectivity index (χ0v) is 25.3. The van der Waals surface area contributed by atoms with E-state index in [0.29, 0.717) is 65.9 Å². The summed E-state index contributed by atoms with van der Waals surface area (Å²) in [4.78, 5) is 23.4. The lowest BCUT2D eigenvalue weighted by molar-refractivity contribution is -0.127. The Morgan fingerprint density at radius 1 is 0.500 bits per heavy atom. The van der Waals surface area contributed by atoms with Gasteiger partial charge in [0.25, 0.3) is 0 Å². The zero-order chi connectivity index (χ0) is 27.8. The molecule has 0 bridgehead atoms. The van der Waals surface area contributed by atoms with E-state index in [1.54, 1.807) is 14.2 Å². The Bertz CT molecular complexity index is 478. The predicted molar refractivity (Wildman–Crippen MR) is 155 cm³/mol. The maximum Gasteiger partial charge on any atom is 0.245 e. The van der Waals surface area contributed by atoms with Crippen LogP contribution in [-0.4, -0.2) is 117 Å². The molecule has 2 amide bonds. The molecule has 226 valence electrons. The number of amides is 2. The summed E-state index contributed by atoms with van der Waals surface area (Å²) in [6.45, 7) is 5.56. The third kappa shape index (κ3) is 31.6. The molecule has 0 spiro atoms. The van der Waals surface area contributed by atoms with Gasteiger partial charge in [-0.1, -0.05) is 47.3 Å². The number of methoxy groups -OCH3 is 2. The number of carbonyl (C=O) groups excluding carboxylic acids is 2. The molecule has 0 aromatic heterocycles. The van der Waals surface area contributed by atoms with Gasteiger partial charge in [-0.2, -0.15) is 0 Å². The van der Waals surface area contributed by atoms with Crippen molar-refractivity contribution in [1.29, 1.82) is 0 Å². The van der Waals surface area contributed by atoms with Crippen LogP contribution in [0.3, 0.4) is 0 Å². The van der Waals surface area contributed by atoms with Crippen LogP contribution in [0.25, 0.3) is 0 Å². The number of hydrogen-bond acceptors (Lipinski definition) is 10. The fraction of sp³-hybridized carbons (Fsp3) is 0.923. The minimum Gasteiger partial charge on any atom is -0.382 e. The lowest BCUT2D eigenvalue weighted by atomic mass is 10.2. The molecule has 0 saturated heterocycles. The fourth-order valence-corrected chi connectivity index (χ4v) is 5.30. The normalized spacial score (nSPS) is 11.1. The summed E-state index contributed by atoms with van der Waals surface area (Å²) in [7, 11) is 7.17. The molecule has 0 aliphatic carbocycles. The van der Waals surface area contributed by atoms with Gasteiger partial charge in [0.05, 0.1) is 52.9 Å². The van der Waals surface area contributed by atoms with Crippen molar-refractivity contribution in [2.45, 2.75) is 51.4 Å². The van der Waals surface area contributed by atoms with Crippen LogP contribution in [0, 0.1) is 0 Å². The minimum atomic E-state index is -0.0697. The second kappa shape index (κ2) is 32.6. The number of unbranched alkanes of at least 4 members (excludes halogenated alkanes) is 6. The Morgan fingerprint density at radius 2 is 0.868 bits per heavy atom. The van der Waals surface area contributed by atoms with Gasteiger partial charge < -0.3 is 39.1 Å². The highest BCUT2D eigenvalue weighted by atomic mass is 33.1. The molecule has 2 N–H and O–H groups in total. The lowest BCUT2D eigenvalue weighted by Crippen LogP contribution is -2.29. The van der Waals surface area contributed by atoms with Crippen molar-refractivity contribution < 1.29 is 38.0 Å². The van der Waals surface area contributed by atoms with Gasteiger partial charge in [0.1, 0.15) is 13.2 Å². The fourth-order valence-electron chi connectivity index (χ4n) is 3.01. The van der Waals surface area contributed by atoms with Gasteiger partial charge in [0, 0.05) is 38.8 Å². The highest BCUT2D eigenvalue weighted by molar-refractivity contribution is 8.76. The van der Waals surface area contributed by atoms with Crippen molar-refractivity contribution in [2.75, 3.05) is 105 Å². The molecule has 0 saturated carbocycles. The number of ether oxygens (including phenoxy) is 6. The minimum absolute atomic E-state index is 0.0697. The van der Waals surface area contributed by atoms with Crippen LogP contribution in [-0.2, 0) is 38.0 Å². The predicted octanol–water partition coefficient (Wildman–Crippen LogP) is 3.08. The van der Waals surface area contributed by atoms with E-state index in [1.807, 2.05) is 21.6 Å². The lowest BCUT2D eigenvalue weighted by Gasteiger charge is -2.07. The third-order valence-corrected chi connectivity index (χ3v) is 7.69. The highest BCUT2D eigenvalue weighted by Crippen LogP contribution is 2.24. The van der Waals surface area contributed by atoms with Crippen molar-refractivity contribution in [3.05, 3.63) is 0 Å². The zero-order valence-electron chi connectivity index (χ0n) is 23.6. The molecule has 0 heterocycles. The van der Waals surface area contributed by atoms with E-state index in [9.17, 15) is 9.59 Å². The summed E-state index contributed by atoms with van der Waals surface area (Å²) in [5.74, 6) is 2.20. The van der Waals surface area contributed by atoms with Crippen LogP contribution in [0.4, 0.5) is 0 Å². The van der Waals surface area contributed by atoms with Crippen LogP contribution < -0.4 is 10.6 Å². The van der Waals surface area contributed by atoms with Gasteiger partial charge >= 0.3 is 0 Å². The van der Waals surface area contributed by atoms with Crippen molar-refractivity contribution in [3.8, 4) is 0 Å². The van der Waals surface area contributed by atoms with Gasteiger partial charge in [0.2, 0.25) is 11.8 Å². The molecule has 0 aliphatic rings. The van der Waals surface area contributed by atoms with Crippen molar-refractivity contribution in [2.24, 2.45) is 0 Å². The van der Waals surface area contributed by atoms with Gasteiger partial charge in [-0.3, -0.25) is 9.59 Å². The topological polar surface area (TPSA) is 114 Å². The first-order valence-corrected chi connectivity index (χ1v) is 16.3. The summed E-state index contributed by atoms with van der Waals surface area (Å²) < 4.78 is 30.9. The summed E-state index contributed by atoms with van der Waals surface area (Å²) in [5.41, 5.74) is 0. The van der Waals surface area contributed by atoms with Crippen LogP contribution in [0.2, 0.25) is 0 Å². The molecule has 0 unspecified atom stereocenters. The first-order valence-electron chi connectivity index (χ1n) is 13.8. The van der Waals surface area contributed by atoms with E-state index >= 15 is 0 Å². The average Bonchev–Trinajstić information content (AvgIpc) is 2.91. The standard InChI is InChI=1S/C26H52N2O8S2/c1-31-13-15-33-17-19-35-23-25(29)27-11-7-3-5-9-21-37-38-22-10-6-4-8-12-28-26(30)24-36-20-18-34-16-14-32-2/h3-24H2,1-2H3,(H,27,29)(H,28,30). The molecule has 0 rings (SSSR count). The van der Waals surface area contributed by atoms with Gasteiger partial charge in [-0.25, -0.2) is 0 Å². The molecule has 0 aromatic rings. The smallest absolute Gasteiger partial charge is 0.245 e. The van der Waals surface area contributed by atoms with Crippen LogP contribution in [0.15, 0.2) is 0 Å². The largest absolute Gasteiger partial charge is 0.382 e. The van der Waals surface area contributed by atoms with E-state index < -0.39 is 0 Å². The van der Waals surface area contributed by atoms with Gasteiger partial charge in [-0.05, 0) is 25.7 Å². The van der Waals surface area contributed by atoms with Gasteiger partial charge in [-0.15, -0.1) is 0 Å². The first-order chi connectivity index (χ1) is 18.7. The SMILES string of the molecule is COCCOCCOCC(=O)NCCCCCCSSCCCCCCNC(=O)COCCOCCOC. The molecular weight excluding hydrogens is 532 g/mol. The van der Waals surface area contributed by atoms with Crippen LogP contribution >= 0.6 is 21.6 Å². The molecular formula is C26H52N2O8S2.